The predicted octanol–water partition coefficient (Wildman–Crippen LogP) is 2.75. The average Bonchev–Trinajstić information content (AvgIpc) is 3.17. The Morgan fingerprint density at radius 3 is 2.62 bits per heavy atom. The smallest absolute Gasteiger partial charge is 0.331 e. The van der Waals surface area contributed by atoms with Gasteiger partial charge in [0.25, 0.3) is 5.91 Å². The van der Waals surface area contributed by atoms with Crippen LogP contribution >= 0.6 is 0 Å². The van der Waals surface area contributed by atoms with Crippen LogP contribution in [0.25, 0.3) is 0 Å². The molecule has 1 amide bonds. The van der Waals surface area contributed by atoms with E-state index in [4.69, 9.17) is 0 Å². The van der Waals surface area contributed by atoms with Crippen LogP contribution in [0.15, 0.2) is 24.4 Å². The Hall–Kier alpha value is -2.63. The number of carboxylic acids is 1. The molecule has 0 radical (unpaired) electrons. The maximum absolute atomic E-state index is 12.6. The van der Waals surface area contributed by atoms with Crippen LogP contribution in [-0.4, -0.2) is 26.8 Å². The van der Waals surface area contributed by atoms with E-state index in [-0.39, 0.29) is 5.91 Å². The van der Waals surface area contributed by atoms with Gasteiger partial charge in [-0.2, -0.15) is 5.10 Å². The van der Waals surface area contributed by atoms with Gasteiger partial charge in [0.15, 0.2) is 11.4 Å². The molecule has 0 saturated heterocycles. The largest absolute Gasteiger partial charge is 0.479 e. The van der Waals surface area contributed by atoms with Crippen LogP contribution in [0.4, 0.5) is 5.82 Å². The zero-order valence-corrected chi connectivity index (χ0v) is 14.1. The molecular weight excluding hydrogens is 306 g/mol. The lowest BCUT2D eigenvalue weighted by atomic mass is 9.98. The lowest BCUT2D eigenvalue weighted by molar-refractivity contribution is -0.146. The molecule has 1 aromatic heterocycles. The summed E-state index contributed by atoms with van der Waals surface area (Å²) >= 11 is 0. The third-order valence-electron chi connectivity index (χ3n) is 4.69. The molecule has 6 nitrogen and oxygen atoms in total. The fraction of sp³-hybridized carbons (Fsp3) is 0.389. The van der Waals surface area contributed by atoms with E-state index < -0.39 is 11.5 Å². The van der Waals surface area contributed by atoms with E-state index in [2.05, 4.69) is 17.3 Å². The first-order chi connectivity index (χ1) is 11.3. The molecule has 2 aromatic rings. The third kappa shape index (κ3) is 2.68. The van der Waals surface area contributed by atoms with Gasteiger partial charge in [-0.05, 0) is 62.8 Å². The Labute approximate surface area is 140 Å². The molecule has 0 unspecified atom stereocenters. The minimum Gasteiger partial charge on any atom is -0.479 e. The van der Waals surface area contributed by atoms with E-state index in [1.165, 1.54) is 15.8 Å². The predicted molar refractivity (Wildman–Crippen MR) is 90.3 cm³/mol. The van der Waals surface area contributed by atoms with Crippen molar-refractivity contribution < 1.29 is 14.7 Å². The van der Waals surface area contributed by atoms with Crippen molar-refractivity contribution in [2.45, 2.75) is 45.6 Å². The van der Waals surface area contributed by atoms with Crippen molar-refractivity contribution in [1.29, 1.82) is 0 Å². The van der Waals surface area contributed by atoms with E-state index in [9.17, 15) is 14.7 Å². The first kappa shape index (κ1) is 16.2. The number of aliphatic carboxylic acids is 1. The fourth-order valence-corrected chi connectivity index (χ4v) is 3.08. The number of aryl methyl sites for hydroxylation is 1. The Kier molecular flexibility index (Phi) is 3.91. The Balaban J connectivity index is 1.83. The molecule has 1 aromatic carbocycles. The van der Waals surface area contributed by atoms with Crippen molar-refractivity contribution in [2.24, 2.45) is 0 Å². The maximum Gasteiger partial charge on any atom is 0.331 e. The summed E-state index contributed by atoms with van der Waals surface area (Å²) < 4.78 is 1.34. The number of hydrogen-bond donors (Lipinski definition) is 2. The second-order valence-electron chi connectivity index (χ2n) is 6.70. The quantitative estimate of drug-likeness (QED) is 0.904. The zero-order chi connectivity index (χ0) is 17.5. The molecule has 1 aliphatic rings. The second-order valence-corrected chi connectivity index (χ2v) is 6.70. The van der Waals surface area contributed by atoms with Crippen molar-refractivity contribution in [3.63, 3.8) is 0 Å². The van der Waals surface area contributed by atoms with E-state index in [0.717, 1.165) is 24.8 Å². The number of carbonyl (C=O) groups is 2. The lowest BCUT2D eigenvalue weighted by Gasteiger charge is -2.19. The minimum atomic E-state index is -1.17. The molecular formula is C18H21N3O3. The molecule has 6 heteroatoms. The van der Waals surface area contributed by atoms with Gasteiger partial charge in [-0.1, -0.05) is 6.07 Å². The Bertz CT molecular complexity index is 821. The number of aromatic nitrogens is 2. The topological polar surface area (TPSA) is 84.2 Å². The van der Waals surface area contributed by atoms with Crippen molar-refractivity contribution >= 4 is 17.7 Å². The van der Waals surface area contributed by atoms with Gasteiger partial charge < -0.3 is 10.4 Å². The third-order valence-corrected chi connectivity index (χ3v) is 4.69. The standard InChI is InChI=1S/C18H21N3O3/c1-11-7-8-14(13-6-4-5-12(11)13)16(22)19-15-9-10-21(20-15)18(2,3)17(23)24/h7-10H,4-6H2,1-3H3,(H,23,24)(H,19,20,22). The Morgan fingerprint density at radius 2 is 1.92 bits per heavy atom. The van der Waals surface area contributed by atoms with Crippen LogP contribution in [0.5, 0.6) is 0 Å². The Morgan fingerprint density at radius 1 is 1.21 bits per heavy atom. The fourth-order valence-electron chi connectivity index (χ4n) is 3.08. The highest BCUT2D eigenvalue weighted by Crippen LogP contribution is 2.28. The normalized spacial score (nSPS) is 13.6. The first-order valence-electron chi connectivity index (χ1n) is 8.03. The molecule has 0 spiro atoms. The highest BCUT2D eigenvalue weighted by molar-refractivity contribution is 6.05. The van der Waals surface area contributed by atoms with Crippen molar-refractivity contribution in [1.82, 2.24) is 9.78 Å². The van der Waals surface area contributed by atoms with Crippen LogP contribution in [0.2, 0.25) is 0 Å². The highest BCUT2D eigenvalue weighted by Gasteiger charge is 2.30. The van der Waals surface area contributed by atoms with Crippen LogP contribution < -0.4 is 5.32 Å². The van der Waals surface area contributed by atoms with Crippen LogP contribution in [0.3, 0.4) is 0 Å². The van der Waals surface area contributed by atoms with E-state index >= 15 is 0 Å². The monoisotopic (exact) mass is 327 g/mol. The number of benzene rings is 1. The second kappa shape index (κ2) is 5.78. The molecule has 1 heterocycles. The number of nitrogens with one attached hydrogen (secondary N) is 1. The van der Waals surface area contributed by atoms with Gasteiger partial charge in [0.05, 0.1) is 0 Å². The van der Waals surface area contributed by atoms with Gasteiger partial charge in [0, 0.05) is 17.8 Å². The summed E-state index contributed by atoms with van der Waals surface area (Å²) in [5, 5.41) is 16.2. The molecule has 0 atom stereocenters. The summed E-state index contributed by atoms with van der Waals surface area (Å²) in [7, 11) is 0. The molecule has 0 fully saturated rings. The zero-order valence-electron chi connectivity index (χ0n) is 14.1. The summed E-state index contributed by atoms with van der Waals surface area (Å²) in [6, 6.07) is 5.44. The molecule has 24 heavy (non-hydrogen) atoms. The van der Waals surface area contributed by atoms with Crippen molar-refractivity contribution in [3.8, 4) is 0 Å². The summed E-state index contributed by atoms with van der Waals surface area (Å²) in [4.78, 5) is 23.9. The number of hydrogen-bond acceptors (Lipinski definition) is 3. The van der Waals surface area contributed by atoms with Gasteiger partial charge in [0.1, 0.15) is 0 Å². The van der Waals surface area contributed by atoms with Crippen molar-refractivity contribution in [3.05, 3.63) is 46.6 Å². The molecule has 0 aliphatic heterocycles. The van der Waals surface area contributed by atoms with E-state index in [1.54, 1.807) is 26.1 Å². The van der Waals surface area contributed by atoms with E-state index in [0.29, 0.717) is 11.4 Å². The SMILES string of the molecule is Cc1ccc(C(=O)Nc2ccn(C(C)(C)C(=O)O)n2)c2c1CCC2. The highest BCUT2D eigenvalue weighted by atomic mass is 16.4. The maximum atomic E-state index is 12.6. The van der Waals surface area contributed by atoms with Gasteiger partial charge in [0.2, 0.25) is 0 Å². The summed E-state index contributed by atoms with van der Waals surface area (Å²) in [6.07, 6.45) is 4.56. The van der Waals surface area contributed by atoms with Crippen molar-refractivity contribution in [2.75, 3.05) is 5.32 Å². The molecule has 0 saturated carbocycles. The number of anilines is 1. The van der Waals surface area contributed by atoms with Gasteiger partial charge in [-0.25, -0.2) is 4.79 Å². The minimum absolute atomic E-state index is 0.202. The number of carbonyl (C=O) groups excluding carboxylic acids is 1. The average molecular weight is 327 g/mol. The lowest BCUT2D eigenvalue weighted by Crippen LogP contribution is -2.36. The number of carboxylic acid groups (broad SMARTS) is 1. The summed E-state index contributed by atoms with van der Waals surface area (Å²) in [5.74, 6) is -0.840. The van der Waals surface area contributed by atoms with Crippen LogP contribution in [0.1, 0.15) is 47.3 Å². The molecule has 0 bridgehead atoms. The molecule has 3 rings (SSSR count). The van der Waals surface area contributed by atoms with Gasteiger partial charge in [-0.15, -0.1) is 0 Å². The summed E-state index contributed by atoms with van der Waals surface area (Å²) in [5.41, 5.74) is 3.14. The molecule has 126 valence electrons. The summed E-state index contributed by atoms with van der Waals surface area (Å²) in [6.45, 7) is 5.18. The number of nitrogens with zero attached hydrogens (tertiary/aromatic N) is 2. The number of rotatable bonds is 4. The molecule has 1 aliphatic carbocycles. The van der Waals surface area contributed by atoms with Gasteiger partial charge >= 0.3 is 5.97 Å². The van der Waals surface area contributed by atoms with Crippen LogP contribution in [-0.2, 0) is 23.2 Å². The van der Waals surface area contributed by atoms with Crippen LogP contribution in [0, 0.1) is 6.92 Å². The first-order valence-corrected chi connectivity index (χ1v) is 8.03. The van der Waals surface area contributed by atoms with E-state index in [1.807, 2.05) is 12.1 Å². The number of fused-ring (bicyclic) bond motifs is 1. The number of amides is 1. The molecule has 2 N–H and O–H groups in total. The van der Waals surface area contributed by atoms with Gasteiger partial charge in [-0.3, -0.25) is 9.48 Å².